The molecule has 0 saturated heterocycles. The van der Waals surface area contributed by atoms with Gasteiger partial charge in [0, 0.05) is 12.1 Å². The molecule has 0 atom stereocenters. The molecule has 0 spiro atoms. The number of hydrogen-bond acceptors (Lipinski definition) is 7. The number of benzene rings is 2. The molecule has 30 heavy (non-hydrogen) atoms. The van der Waals surface area contributed by atoms with Gasteiger partial charge in [0.05, 0.1) is 29.2 Å². The fourth-order valence-corrected chi connectivity index (χ4v) is 3.34. The van der Waals surface area contributed by atoms with Crippen LogP contribution in [0.4, 0.5) is 5.69 Å². The largest absolute Gasteiger partial charge is 0.490 e. The van der Waals surface area contributed by atoms with Crippen molar-refractivity contribution in [2.45, 2.75) is 38.0 Å². The second-order valence-electron chi connectivity index (χ2n) is 6.30. The SMILES string of the molecule is CCCCCOc1ccc(/C=N/NS(=O)(=O)c2cccc([N+](=O)[O-])c2)cc1OCC. The Bertz CT molecular complexity index is 992. The minimum absolute atomic E-state index is 0.250. The van der Waals surface area contributed by atoms with Crippen molar-refractivity contribution in [3.63, 3.8) is 0 Å². The van der Waals surface area contributed by atoms with Gasteiger partial charge in [0.15, 0.2) is 11.5 Å². The highest BCUT2D eigenvalue weighted by molar-refractivity contribution is 7.89. The summed E-state index contributed by atoms with van der Waals surface area (Å²) in [6, 6.07) is 9.89. The number of hydrogen-bond donors (Lipinski definition) is 1. The van der Waals surface area contributed by atoms with Crippen LogP contribution in [0.1, 0.15) is 38.7 Å². The molecule has 0 aliphatic rings. The van der Waals surface area contributed by atoms with Crippen LogP contribution in [0.25, 0.3) is 0 Å². The van der Waals surface area contributed by atoms with Gasteiger partial charge in [-0.05, 0) is 43.2 Å². The fraction of sp³-hybridized carbons (Fsp3) is 0.350. The van der Waals surface area contributed by atoms with Gasteiger partial charge in [0.2, 0.25) is 0 Å². The number of nitro groups is 1. The first-order valence-corrected chi connectivity index (χ1v) is 11.0. The molecular weight excluding hydrogens is 410 g/mol. The van der Waals surface area contributed by atoms with Crippen LogP contribution in [0.5, 0.6) is 11.5 Å². The summed E-state index contributed by atoms with van der Waals surface area (Å²) in [6.45, 7) is 5.01. The van der Waals surface area contributed by atoms with Crippen molar-refractivity contribution < 1.29 is 22.8 Å². The average Bonchev–Trinajstić information content (AvgIpc) is 2.72. The maximum atomic E-state index is 12.3. The third kappa shape index (κ3) is 6.73. The minimum atomic E-state index is -4.04. The van der Waals surface area contributed by atoms with Gasteiger partial charge in [-0.25, -0.2) is 4.83 Å². The molecule has 0 saturated carbocycles. The summed E-state index contributed by atoms with van der Waals surface area (Å²) in [7, 11) is -4.04. The van der Waals surface area contributed by atoms with Crippen LogP contribution in [-0.2, 0) is 10.0 Å². The predicted octanol–water partition coefficient (Wildman–Crippen LogP) is 3.87. The molecule has 0 bridgehead atoms. The van der Waals surface area contributed by atoms with Crippen LogP contribution >= 0.6 is 0 Å². The lowest BCUT2D eigenvalue weighted by atomic mass is 10.2. The van der Waals surface area contributed by atoms with Crippen LogP contribution in [-0.4, -0.2) is 32.8 Å². The molecule has 2 rings (SSSR count). The molecular formula is C20H25N3O6S. The third-order valence-electron chi connectivity index (χ3n) is 4.00. The zero-order chi connectivity index (χ0) is 22.0. The zero-order valence-electron chi connectivity index (χ0n) is 16.9. The molecule has 0 heterocycles. The zero-order valence-corrected chi connectivity index (χ0v) is 17.7. The Morgan fingerprint density at radius 3 is 2.60 bits per heavy atom. The van der Waals surface area contributed by atoms with Gasteiger partial charge in [-0.15, -0.1) is 0 Å². The molecule has 0 aromatic heterocycles. The number of ether oxygens (including phenoxy) is 2. The molecule has 0 radical (unpaired) electrons. The van der Waals surface area contributed by atoms with Gasteiger partial charge < -0.3 is 9.47 Å². The summed E-state index contributed by atoms with van der Waals surface area (Å²) >= 11 is 0. The Hall–Kier alpha value is -3.14. The van der Waals surface area contributed by atoms with Crippen molar-refractivity contribution in [1.82, 2.24) is 4.83 Å². The first-order chi connectivity index (χ1) is 14.4. The standard InChI is InChI=1S/C20H25N3O6S/c1-3-5-6-12-29-19-11-10-16(13-20(19)28-4-2)15-21-22-30(26,27)18-9-7-8-17(14-18)23(24)25/h7-11,13-15,22H,3-6,12H2,1-2H3/b21-15+. The second-order valence-corrected chi connectivity index (χ2v) is 7.96. The summed E-state index contributed by atoms with van der Waals surface area (Å²) in [5.41, 5.74) is 0.277. The van der Waals surface area contributed by atoms with E-state index in [-0.39, 0.29) is 10.6 Å². The summed E-state index contributed by atoms with van der Waals surface area (Å²) in [5, 5.41) is 14.6. The normalized spacial score (nSPS) is 11.4. The molecule has 0 aliphatic carbocycles. The van der Waals surface area contributed by atoms with Gasteiger partial charge in [0.1, 0.15) is 0 Å². The van der Waals surface area contributed by atoms with Crippen molar-refractivity contribution in [3.05, 3.63) is 58.1 Å². The molecule has 10 heteroatoms. The van der Waals surface area contributed by atoms with Crippen LogP contribution in [0.15, 0.2) is 52.5 Å². The second kappa shape index (κ2) is 11.1. The lowest BCUT2D eigenvalue weighted by Crippen LogP contribution is -2.18. The Morgan fingerprint density at radius 1 is 1.10 bits per heavy atom. The molecule has 1 N–H and O–H groups in total. The van der Waals surface area contributed by atoms with Gasteiger partial charge in [-0.1, -0.05) is 25.8 Å². The summed E-state index contributed by atoms with van der Waals surface area (Å²) in [5.74, 6) is 1.15. The molecule has 162 valence electrons. The first kappa shape index (κ1) is 23.1. The van der Waals surface area contributed by atoms with Crippen molar-refractivity contribution in [2.75, 3.05) is 13.2 Å². The highest BCUT2D eigenvalue weighted by atomic mass is 32.2. The number of nitrogens with one attached hydrogen (secondary N) is 1. The van der Waals surface area contributed by atoms with Crippen LogP contribution in [0.3, 0.4) is 0 Å². The van der Waals surface area contributed by atoms with E-state index in [0.717, 1.165) is 25.3 Å². The van der Waals surface area contributed by atoms with Gasteiger partial charge in [0.25, 0.3) is 15.7 Å². The number of unbranched alkanes of at least 4 members (excludes halogenated alkanes) is 2. The average molecular weight is 436 g/mol. The fourth-order valence-electron chi connectivity index (χ4n) is 2.51. The topological polar surface area (TPSA) is 120 Å². The Kier molecular flexibility index (Phi) is 8.60. The number of nitro benzene ring substituents is 1. The number of hydrazone groups is 1. The number of rotatable bonds is 12. The molecule has 0 aliphatic heterocycles. The summed E-state index contributed by atoms with van der Waals surface area (Å²) < 4.78 is 36.0. The molecule has 2 aromatic rings. The molecule has 9 nitrogen and oxygen atoms in total. The maximum Gasteiger partial charge on any atom is 0.276 e. The Labute approximate surface area is 175 Å². The van der Waals surface area contributed by atoms with Crippen molar-refractivity contribution in [2.24, 2.45) is 5.10 Å². The van der Waals surface area contributed by atoms with Crippen LogP contribution in [0.2, 0.25) is 0 Å². The summed E-state index contributed by atoms with van der Waals surface area (Å²) in [6.07, 6.45) is 4.45. The summed E-state index contributed by atoms with van der Waals surface area (Å²) in [4.78, 5) is 12.0. The van der Waals surface area contributed by atoms with E-state index in [9.17, 15) is 18.5 Å². The van der Waals surface area contributed by atoms with E-state index in [2.05, 4.69) is 16.9 Å². The molecule has 2 aromatic carbocycles. The smallest absolute Gasteiger partial charge is 0.276 e. The quantitative estimate of drug-likeness (QED) is 0.234. The van der Waals surface area contributed by atoms with E-state index in [0.29, 0.717) is 30.3 Å². The van der Waals surface area contributed by atoms with Gasteiger partial charge >= 0.3 is 0 Å². The van der Waals surface area contributed by atoms with Gasteiger partial charge in [-0.3, -0.25) is 10.1 Å². The highest BCUT2D eigenvalue weighted by Crippen LogP contribution is 2.28. The van der Waals surface area contributed by atoms with Crippen molar-refractivity contribution in [1.29, 1.82) is 0 Å². The van der Waals surface area contributed by atoms with E-state index in [4.69, 9.17) is 9.47 Å². The lowest BCUT2D eigenvalue weighted by Gasteiger charge is -2.12. The first-order valence-electron chi connectivity index (χ1n) is 9.56. The highest BCUT2D eigenvalue weighted by Gasteiger charge is 2.16. The van der Waals surface area contributed by atoms with Crippen LogP contribution in [0, 0.1) is 10.1 Å². The number of nitrogens with zero attached hydrogens (tertiary/aromatic N) is 2. The monoisotopic (exact) mass is 435 g/mol. The third-order valence-corrected chi connectivity index (χ3v) is 5.22. The molecule has 0 amide bonds. The van der Waals surface area contributed by atoms with E-state index in [1.165, 1.54) is 24.4 Å². The van der Waals surface area contributed by atoms with Gasteiger partial charge in [-0.2, -0.15) is 13.5 Å². The predicted molar refractivity (Wildman–Crippen MR) is 114 cm³/mol. The van der Waals surface area contributed by atoms with Crippen molar-refractivity contribution >= 4 is 21.9 Å². The van der Waals surface area contributed by atoms with E-state index >= 15 is 0 Å². The lowest BCUT2D eigenvalue weighted by molar-refractivity contribution is -0.385. The van der Waals surface area contributed by atoms with Crippen molar-refractivity contribution in [3.8, 4) is 11.5 Å². The Morgan fingerprint density at radius 2 is 1.90 bits per heavy atom. The van der Waals surface area contributed by atoms with E-state index < -0.39 is 14.9 Å². The Balaban J connectivity index is 2.10. The van der Waals surface area contributed by atoms with Crippen LogP contribution < -0.4 is 14.3 Å². The number of sulfonamides is 1. The van der Waals surface area contributed by atoms with E-state index in [1.54, 1.807) is 18.2 Å². The molecule has 0 fully saturated rings. The minimum Gasteiger partial charge on any atom is -0.490 e. The molecule has 0 unspecified atom stereocenters. The number of non-ortho nitro benzene ring substituents is 1. The maximum absolute atomic E-state index is 12.3. The van der Waals surface area contributed by atoms with E-state index in [1.807, 2.05) is 6.92 Å².